The van der Waals surface area contributed by atoms with Crippen molar-refractivity contribution < 1.29 is 9.90 Å². The zero-order valence-corrected chi connectivity index (χ0v) is 16.9. The molecule has 2 aliphatic rings. The summed E-state index contributed by atoms with van der Waals surface area (Å²) in [6.07, 6.45) is 1.13. The molecule has 1 aromatic heterocycles. The molecule has 1 atom stereocenters. The van der Waals surface area contributed by atoms with E-state index < -0.39 is 5.92 Å². The van der Waals surface area contributed by atoms with Crippen LogP contribution in [-0.2, 0) is 4.79 Å². The lowest BCUT2D eigenvalue weighted by Crippen LogP contribution is -2.37. The van der Waals surface area contributed by atoms with Crippen molar-refractivity contribution in [3.05, 3.63) is 57.0 Å². The van der Waals surface area contributed by atoms with Crippen molar-refractivity contribution >= 4 is 23.4 Å². The Morgan fingerprint density at radius 3 is 2.79 bits per heavy atom. The molecule has 2 aromatic rings. The maximum atomic E-state index is 13.1. The first-order chi connectivity index (χ1) is 13.3. The number of allylic oxidation sites excluding steroid dienone is 2. The molecule has 0 fully saturated rings. The number of hydrogen-bond acceptors (Lipinski definition) is 6. The number of ketones is 1. The molecule has 3 N–H and O–H groups in total. The van der Waals surface area contributed by atoms with Crippen molar-refractivity contribution in [2.45, 2.75) is 44.7 Å². The highest BCUT2D eigenvalue weighted by atomic mass is 32.2. The maximum absolute atomic E-state index is 13.1. The summed E-state index contributed by atoms with van der Waals surface area (Å²) >= 11 is 1.46. The number of nitrogens with one attached hydrogen (secondary N) is 2. The molecular formula is C21H23N3O3S. The average Bonchev–Trinajstić information content (AvgIpc) is 2.59. The number of aromatic amines is 1. The van der Waals surface area contributed by atoms with Crippen LogP contribution >= 0.6 is 11.8 Å². The van der Waals surface area contributed by atoms with Crippen molar-refractivity contribution in [1.82, 2.24) is 9.97 Å². The fourth-order valence-corrected chi connectivity index (χ4v) is 4.73. The van der Waals surface area contributed by atoms with Crippen LogP contribution < -0.4 is 10.9 Å². The molecule has 6 nitrogen and oxygen atoms in total. The summed E-state index contributed by atoms with van der Waals surface area (Å²) in [4.78, 5) is 33.5. The van der Waals surface area contributed by atoms with Crippen molar-refractivity contribution in [1.29, 1.82) is 0 Å². The normalized spacial score (nSPS) is 20.4. The lowest BCUT2D eigenvalue weighted by molar-refractivity contribution is -0.118. The molecule has 1 aromatic carbocycles. The minimum absolute atomic E-state index is 0.0316. The number of hydrogen-bond donors (Lipinski definition) is 3. The van der Waals surface area contributed by atoms with E-state index in [2.05, 4.69) is 29.1 Å². The van der Waals surface area contributed by atoms with Gasteiger partial charge < -0.3 is 15.4 Å². The summed E-state index contributed by atoms with van der Waals surface area (Å²) in [5.41, 5.74) is 2.16. The van der Waals surface area contributed by atoms with Crippen LogP contribution in [0, 0.1) is 5.41 Å². The fraction of sp³-hybridized carbons (Fsp3) is 0.381. The average molecular weight is 398 g/mol. The Morgan fingerprint density at radius 2 is 2.07 bits per heavy atom. The molecule has 7 heteroatoms. The van der Waals surface area contributed by atoms with Gasteiger partial charge in [-0.1, -0.05) is 44.7 Å². The molecule has 28 heavy (non-hydrogen) atoms. The zero-order valence-electron chi connectivity index (χ0n) is 16.1. The number of thioether (sulfide) groups is 1. The molecule has 1 aliphatic heterocycles. The number of Topliss-reactive ketones (excluding diaryl/α,β-unsaturated/α-hetero) is 1. The number of anilines is 1. The predicted octanol–water partition coefficient (Wildman–Crippen LogP) is 3.79. The quantitative estimate of drug-likeness (QED) is 0.539. The zero-order chi connectivity index (χ0) is 20.1. The highest BCUT2D eigenvalue weighted by molar-refractivity contribution is 7.99. The first-order valence-corrected chi connectivity index (χ1v) is 10.4. The number of aromatic hydroxyl groups is 1. The molecule has 0 radical (unpaired) electrons. The van der Waals surface area contributed by atoms with Gasteiger partial charge in [-0.25, -0.2) is 4.98 Å². The van der Waals surface area contributed by atoms with Gasteiger partial charge in [0.15, 0.2) is 10.9 Å². The second-order valence-electron chi connectivity index (χ2n) is 8.05. The molecular weight excluding hydrogens is 374 g/mol. The summed E-state index contributed by atoms with van der Waals surface area (Å²) in [6, 6.07) is 6.76. The number of benzene rings is 1. The molecule has 0 unspecified atom stereocenters. The van der Waals surface area contributed by atoms with Gasteiger partial charge in [-0.3, -0.25) is 9.59 Å². The molecule has 1 aliphatic carbocycles. The largest absolute Gasteiger partial charge is 0.508 e. The lowest BCUT2D eigenvalue weighted by Gasteiger charge is -2.38. The Labute approximate surface area is 167 Å². The van der Waals surface area contributed by atoms with Crippen molar-refractivity contribution in [2.75, 3.05) is 11.1 Å². The van der Waals surface area contributed by atoms with Crippen LogP contribution in [0.4, 0.5) is 5.82 Å². The molecule has 2 heterocycles. The van der Waals surface area contributed by atoms with E-state index in [0.29, 0.717) is 40.5 Å². The Hall–Kier alpha value is -2.54. The second-order valence-corrected chi connectivity index (χ2v) is 9.31. The molecule has 0 amide bonds. The third kappa shape index (κ3) is 3.24. The number of carbonyl (C=O) groups excluding carboxylic acids is 1. The monoisotopic (exact) mass is 397 g/mol. The Kier molecular flexibility index (Phi) is 4.57. The lowest BCUT2D eigenvalue weighted by atomic mass is 9.69. The number of rotatable bonds is 3. The fourth-order valence-electron chi connectivity index (χ4n) is 4.14. The Bertz CT molecular complexity index is 1060. The first kappa shape index (κ1) is 18.8. The van der Waals surface area contributed by atoms with Gasteiger partial charge >= 0.3 is 0 Å². The van der Waals surface area contributed by atoms with Crippen molar-refractivity contribution in [2.24, 2.45) is 5.41 Å². The van der Waals surface area contributed by atoms with Gasteiger partial charge in [-0.05, 0) is 35.3 Å². The van der Waals surface area contributed by atoms with Gasteiger partial charge in [0, 0.05) is 23.6 Å². The Morgan fingerprint density at radius 1 is 1.29 bits per heavy atom. The van der Waals surface area contributed by atoms with E-state index in [4.69, 9.17) is 0 Å². The minimum Gasteiger partial charge on any atom is -0.508 e. The number of phenols is 1. The van der Waals surface area contributed by atoms with Gasteiger partial charge in [-0.15, -0.1) is 0 Å². The highest BCUT2D eigenvalue weighted by Gasteiger charge is 2.42. The molecule has 0 bridgehead atoms. The van der Waals surface area contributed by atoms with Crippen LogP contribution in [0.2, 0.25) is 0 Å². The van der Waals surface area contributed by atoms with E-state index in [1.54, 1.807) is 18.2 Å². The predicted molar refractivity (Wildman–Crippen MR) is 110 cm³/mol. The smallest absolute Gasteiger partial charge is 0.257 e. The van der Waals surface area contributed by atoms with Crippen LogP contribution in [0.25, 0.3) is 0 Å². The SMILES string of the molecule is CCSc1nc2c(c(=O)[nH]1)[C@@H](c1cccc(O)c1)C1=C(CC(C)(C)CC1=O)N2. The summed E-state index contributed by atoms with van der Waals surface area (Å²) in [5, 5.41) is 13.8. The summed E-state index contributed by atoms with van der Waals surface area (Å²) < 4.78 is 0. The van der Waals surface area contributed by atoms with E-state index in [1.807, 2.05) is 13.0 Å². The van der Waals surface area contributed by atoms with Crippen LogP contribution in [0.3, 0.4) is 0 Å². The van der Waals surface area contributed by atoms with E-state index >= 15 is 0 Å². The standard InChI is InChI=1S/C21H23N3O3S/c1-4-28-20-23-18-17(19(27)24-20)15(11-6-5-7-12(25)8-11)16-13(22-18)9-21(2,3)10-14(16)26/h5-8,15,25H,4,9-10H2,1-3H3,(H2,22,23,24,27)/t15-/m0/s1. The maximum Gasteiger partial charge on any atom is 0.257 e. The van der Waals surface area contributed by atoms with E-state index in [1.165, 1.54) is 11.8 Å². The summed E-state index contributed by atoms with van der Waals surface area (Å²) in [7, 11) is 0. The molecule has 146 valence electrons. The van der Waals surface area contributed by atoms with Crippen LogP contribution in [0.5, 0.6) is 5.75 Å². The topological polar surface area (TPSA) is 95.1 Å². The Balaban J connectivity index is 1.96. The van der Waals surface area contributed by atoms with Crippen LogP contribution in [-0.4, -0.2) is 26.6 Å². The van der Waals surface area contributed by atoms with Gasteiger partial charge in [0.2, 0.25) is 0 Å². The summed E-state index contributed by atoms with van der Waals surface area (Å²) in [6.45, 7) is 6.13. The van der Waals surface area contributed by atoms with Crippen molar-refractivity contribution in [3.63, 3.8) is 0 Å². The van der Waals surface area contributed by atoms with E-state index in [0.717, 1.165) is 11.4 Å². The van der Waals surface area contributed by atoms with Gasteiger partial charge in [-0.2, -0.15) is 0 Å². The first-order valence-electron chi connectivity index (χ1n) is 9.38. The number of H-pyrrole nitrogens is 1. The van der Waals surface area contributed by atoms with E-state index in [-0.39, 0.29) is 22.5 Å². The van der Waals surface area contributed by atoms with E-state index in [9.17, 15) is 14.7 Å². The number of nitrogens with zero attached hydrogens (tertiary/aromatic N) is 1. The minimum atomic E-state index is -0.543. The van der Waals surface area contributed by atoms with Crippen LogP contribution in [0.15, 0.2) is 45.5 Å². The molecule has 0 saturated heterocycles. The second kappa shape index (κ2) is 6.81. The number of aromatic nitrogens is 2. The highest BCUT2D eigenvalue weighted by Crippen LogP contribution is 2.47. The molecule has 4 rings (SSSR count). The van der Waals surface area contributed by atoms with Crippen molar-refractivity contribution in [3.8, 4) is 5.75 Å². The number of phenolic OH excluding ortho intramolecular Hbond substituents is 1. The molecule has 0 saturated carbocycles. The number of fused-ring (bicyclic) bond motifs is 1. The van der Waals surface area contributed by atoms with Gasteiger partial charge in [0.25, 0.3) is 5.56 Å². The van der Waals surface area contributed by atoms with Gasteiger partial charge in [0.1, 0.15) is 11.6 Å². The summed E-state index contributed by atoms with van der Waals surface area (Å²) in [5.74, 6) is 0.878. The third-order valence-corrected chi connectivity index (χ3v) is 5.94. The third-order valence-electron chi connectivity index (χ3n) is 5.18. The van der Waals surface area contributed by atoms with Gasteiger partial charge in [0.05, 0.1) is 5.56 Å². The van der Waals surface area contributed by atoms with Crippen LogP contribution in [0.1, 0.15) is 50.7 Å². The molecule has 0 spiro atoms. The number of carbonyl (C=O) groups is 1.